The highest BCUT2D eigenvalue weighted by Crippen LogP contribution is 2.61. The molecule has 4 amide bonds. The number of ketones is 4. The standard InChI is InChI=1S/C28H47N4O16P3S.C17H19NO2.C12H12F4O2.C12H17NO2.C11H15NO2.C10H15NO4.C9H13NO4/c1-17-21-25(30-15-29-17)32(16-31-21)26-22(35)23(47-49(37,38)39)20(46-26)13-44-50(40,41)48-51(42,43)45-14-28(5,6)24(36)19(34)11-7-9-18(33)10-8-12-52-27(2,3)4;1-17(2,3)20-13-9-10-14(15(18)11-13)16(19)12-7-5-4-6-8-12;1-5-6(13)8(15)10(9(16)7(5)14)18-11(17)12(2,3)4;1-8(14)10-6-5-9(7-11(10)13)15-12(2,3)4;1-11(2,3)14-9-5-4-8(7-13)10(12)6-9;1-10(2,3)6-9(14)15-11-7(12)4-5-8(11)13;1-9(2,3)8(13)14-10-6(11)4-5-7(10)12/h15-16,20,22-24,26,35-36H,7-14H2,1-6H3,(H,40,41)(H,42,43)(H2,37,38,39);4-11H,18H2,1-3H3;1-4H3;5-7H,13H2,1-4H3;4-7H,12H2,1-3H3;4-6H2,1-3H3;4-5H2,1-3H3. The Labute approximate surface area is 861 Å². The van der Waals surface area contributed by atoms with Gasteiger partial charge in [0.05, 0.1) is 42.5 Å². The molecule has 7 atom stereocenters. The number of aliphatic hydroxyl groups is 2. The Morgan fingerprint density at radius 3 is 1.48 bits per heavy atom. The van der Waals surface area contributed by atoms with Crippen LogP contribution in [0.5, 0.6) is 23.0 Å². The molecular formula is C99H138F4N9O32P3S. The Hall–Kier alpha value is -11.2. The number of rotatable bonds is 32. The molecule has 820 valence electrons. The molecule has 3 fully saturated rings. The molecule has 0 radical (unpaired) electrons. The average molecular weight is 2170 g/mol. The van der Waals surface area contributed by atoms with Gasteiger partial charge in [-0.15, -0.1) is 10.1 Å². The van der Waals surface area contributed by atoms with Gasteiger partial charge >= 0.3 is 41.4 Å². The fourth-order valence-corrected chi connectivity index (χ4v) is 16.2. The molecule has 7 unspecified atom stereocenters. The van der Waals surface area contributed by atoms with Crippen LogP contribution >= 0.6 is 35.2 Å². The van der Waals surface area contributed by atoms with E-state index in [9.17, 15) is 119 Å². The second-order valence-corrected chi connectivity index (χ2v) is 48.1. The van der Waals surface area contributed by atoms with Crippen LogP contribution in [0.25, 0.3) is 11.2 Å². The number of amides is 4. The minimum Gasteiger partial charge on any atom is -0.488 e. The van der Waals surface area contributed by atoms with Crippen molar-refractivity contribution in [3.8, 4) is 23.0 Å². The van der Waals surface area contributed by atoms with Gasteiger partial charge < -0.3 is 80.3 Å². The number of phosphoric acid groups is 3. The van der Waals surface area contributed by atoms with Crippen molar-refractivity contribution in [3.63, 3.8) is 0 Å². The van der Waals surface area contributed by atoms with Crippen molar-refractivity contribution in [3.05, 3.63) is 154 Å². The van der Waals surface area contributed by atoms with Crippen molar-refractivity contribution in [1.29, 1.82) is 0 Å². The SMILES string of the molecule is CC(=O)c1ccc(OC(C)(C)C)cc1N.CC(C)(C)C(=O)ON1C(=O)CCC1=O.CC(C)(C)CC(=O)ON1C(=O)CCC1=O.CC(C)(C)Oc1ccc(C(=O)c2ccccc2)c(N)c1.CC(C)(C)Oc1ccc(C=O)c(N)c1.Cc1c(F)c(F)c(OC(=O)C(C)(C)C)c(F)c1F.Cc1ncnc2c1ncn2C1OC(COP(=O)(O)OP(=O)(O)OCC(C)(C)C(O)C(=O)CCCC(=O)CCCSC(C)(C)C)C(OP(=O)(O)O)C1O. The topological polar surface area (TPSA) is 607 Å². The highest BCUT2D eigenvalue weighted by molar-refractivity contribution is 8.00. The number of halogens is 4. The van der Waals surface area contributed by atoms with Gasteiger partial charge in [0, 0.05) is 118 Å². The molecular weight excluding hydrogens is 2030 g/mol. The number of phosphoric ester groups is 3. The fraction of sp³-hybridized carbons (Fsp3) is 0.525. The Balaban J connectivity index is 0.000000392. The number of nitrogens with two attached hydrogens (primary N) is 3. The lowest BCUT2D eigenvalue weighted by molar-refractivity contribution is -0.203. The number of esters is 1. The van der Waals surface area contributed by atoms with Crippen molar-refractivity contribution in [2.45, 2.75) is 296 Å². The van der Waals surface area contributed by atoms with E-state index in [1.165, 1.54) is 58.8 Å². The van der Waals surface area contributed by atoms with Gasteiger partial charge in [-0.2, -0.15) is 24.9 Å². The zero-order chi connectivity index (χ0) is 113. The molecule has 3 saturated heterocycles. The summed E-state index contributed by atoms with van der Waals surface area (Å²) >= 11 is 1.75. The molecule has 0 bridgehead atoms. The number of aliphatic hydroxyl groups excluding tert-OH is 2. The number of carbonyl (C=O) groups excluding carboxylic acids is 12. The fourth-order valence-electron chi connectivity index (χ4n) is 12.4. The number of hydrogen-bond acceptors (Lipinski definition) is 35. The van der Waals surface area contributed by atoms with Crippen LogP contribution in [0.3, 0.4) is 0 Å². The predicted octanol–water partition coefficient (Wildman–Crippen LogP) is 16.9. The van der Waals surface area contributed by atoms with E-state index in [0.717, 1.165) is 19.0 Å². The van der Waals surface area contributed by atoms with Gasteiger partial charge in [0.1, 0.15) is 76.1 Å². The quantitative estimate of drug-likeness (QED) is 0.00181. The number of Topliss-reactive ketones (excluding diaryl/α,β-unsaturated/α-hetero) is 3. The number of fused-ring (bicyclic) bond motifs is 1. The number of nitrogens with zero attached hydrogens (tertiary/aromatic N) is 6. The third-order valence-electron chi connectivity index (χ3n) is 19.7. The molecule has 12 N–H and O–H groups in total. The lowest BCUT2D eigenvalue weighted by Gasteiger charge is -2.30. The van der Waals surface area contributed by atoms with Crippen LogP contribution in [-0.2, 0) is 89.1 Å². The number of aryl methyl sites for hydroxylation is 1. The lowest BCUT2D eigenvalue weighted by atomic mass is 9.84. The van der Waals surface area contributed by atoms with E-state index in [1.807, 2.05) is 101 Å². The Kier molecular flexibility index (Phi) is 47.1. The number of aldehydes is 1. The largest absolute Gasteiger partial charge is 0.488 e. The molecule has 148 heavy (non-hydrogen) atoms. The van der Waals surface area contributed by atoms with Gasteiger partial charge in [0.2, 0.25) is 17.4 Å². The van der Waals surface area contributed by atoms with Gasteiger partial charge in [0.25, 0.3) is 23.6 Å². The summed E-state index contributed by atoms with van der Waals surface area (Å²) in [5, 5.41) is 22.6. The monoisotopic (exact) mass is 2170 g/mol. The number of ether oxygens (including phenoxy) is 5. The molecule has 3 aliphatic heterocycles. The molecule has 3 aliphatic rings. The van der Waals surface area contributed by atoms with Crippen molar-refractivity contribution >= 4 is 134 Å². The first-order valence-electron chi connectivity index (χ1n) is 46.3. The maximum atomic E-state index is 13.4. The number of benzene rings is 5. The van der Waals surface area contributed by atoms with E-state index < -0.39 is 165 Å². The third-order valence-corrected chi connectivity index (χ3v) is 24.2. The van der Waals surface area contributed by atoms with E-state index in [1.54, 1.807) is 106 Å². The van der Waals surface area contributed by atoms with Gasteiger partial charge in [-0.3, -0.25) is 66.1 Å². The first kappa shape index (κ1) is 129. The summed E-state index contributed by atoms with van der Waals surface area (Å²) < 4.78 is 137. The number of thioether (sulfide) groups is 1. The number of nitrogen functional groups attached to an aromatic ring is 3. The van der Waals surface area contributed by atoms with Gasteiger partial charge in [0.15, 0.2) is 47.1 Å². The zero-order valence-electron chi connectivity index (χ0n) is 87.9. The molecule has 0 spiro atoms. The van der Waals surface area contributed by atoms with Crippen LogP contribution in [0.4, 0.5) is 34.6 Å². The molecule has 5 heterocycles. The molecule has 2 aromatic heterocycles. The molecule has 0 saturated carbocycles. The molecule has 5 aromatic carbocycles. The van der Waals surface area contributed by atoms with E-state index in [-0.39, 0.29) is 101 Å². The Morgan fingerprint density at radius 1 is 0.581 bits per heavy atom. The smallest absolute Gasteiger partial charge is 0.481 e. The van der Waals surface area contributed by atoms with Crippen LogP contribution in [0.2, 0.25) is 0 Å². The minimum absolute atomic E-state index is 0.00861. The summed E-state index contributed by atoms with van der Waals surface area (Å²) in [6, 6.07) is 24.5. The number of anilines is 3. The Morgan fingerprint density at radius 2 is 1.04 bits per heavy atom. The summed E-state index contributed by atoms with van der Waals surface area (Å²) in [5.41, 5.74) is 16.7. The van der Waals surface area contributed by atoms with E-state index in [2.05, 4.69) is 49.3 Å². The molecule has 41 nitrogen and oxygen atoms in total. The van der Waals surface area contributed by atoms with Crippen LogP contribution < -0.4 is 36.1 Å². The predicted molar refractivity (Wildman–Crippen MR) is 538 cm³/mol. The maximum absolute atomic E-state index is 13.4. The van der Waals surface area contributed by atoms with Crippen molar-refractivity contribution in [1.82, 2.24) is 29.6 Å². The zero-order valence-corrected chi connectivity index (χ0v) is 91.4. The minimum atomic E-state index is -5.51. The molecule has 0 aliphatic carbocycles. The maximum Gasteiger partial charge on any atom is 0.481 e. The average Bonchev–Trinajstić information content (AvgIpc) is 1.60. The summed E-state index contributed by atoms with van der Waals surface area (Å²) in [5.74, 6) is -9.77. The summed E-state index contributed by atoms with van der Waals surface area (Å²) in [6.07, 6.45) is -3.40. The molecule has 10 rings (SSSR count). The van der Waals surface area contributed by atoms with Crippen molar-refractivity contribution in [2.24, 2.45) is 21.7 Å². The van der Waals surface area contributed by atoms with E-state index in [0.29, 0.717) is 90.7 Å². The van der Waals surface area contributed by atoms with Crippen LogP contribution in [0.15, 0.2) is 97.6 Å². The molecule has 49 heteroatoms. The second-order valence-electron chi connectivity index (χ2n) is 41.9. The van der Waals surface area contributed by atoms with Crippen molar-refractivity contribution < 1.29 is 170 Å². The van der Waals surface area contributed by atoms with Gasteiger partial charge in [-0.05, 0) is 185 Å². The number of hydroxylamine groups is 4. The second kappa shape index (κ2) is 54.0. The van der Waals surface area contributed by atoms with E-state index >= 15 is 0 Å². The summed E-state index contributed by atoms with van der Waals surface area (Å²) in [7, 11) is -16.2. The van der Waals surface area contributed by atoms with Crippen molar-refractivity contribution in [2.75, 3.05) is 36.2 Å². The Bertz CT molecular complexity index is 5960. The first-order chi connectivity index (χ1) is 67.6. The highest BCUT2D eigenvalue weighted by Gasteiger charge is 2.51. The number of hydrogen-bond donors (Lipinski definition) is 9. The van der Waals surface area contributed by atoms with Gasteiger partial charge in [-0.25, -0.2) is 47.0 Å². The van der Waals surface area contributed by atoms with Crippen LogP contribution in [0, 0.1) is 58.8 Å². The summed E-state index contributed by atoms with van der Waals surface area (Å²) in [6.45, 7) is 43.6. The van der Waals surface area contributed by atoms with E-state index in [4.69, 9.17) is 54.9 Å². The number of carbonyl (C=O) groups is 12. The van der Waals surface area contributed by atoms with Crippen LogP contribution in [-0.4, -0.2) is 195 Å². The normalized spacial score (nSPS) is 16.6. The molecule has 7 aromatic rings. The van der Waals surface area contributed by atoms with Crippen LogP contribution in [0.1, 0.15) is 285 Å². The lowest BCUT2D eigenvalue weighted by Crippen LogP contribution is -2.39. The number of imide groups is 2. The summed E-state index contributed by atoms with van der Waals surface area (Å²) in [4.78, 5) is 198. The van der Waals surface area contributed by atoms with Gasteiger partial charge in [-0.1, -0.05) is 85.7 Å². The third kappa shape index (κ3) is 43.8. The highest BCUT2D eigenvalue weighted by atomic mass is 32.2. The number of aromatic nitrogens is 4. The number of imidazole rings is 1. The first-order valence-corrected chi connectivity index (χ1v) is 51.8.